The lowest BCUT2D eigenvalue weighted by molar-refractivity contribution is -0.140. The molecule has 1 unspecified atom stereocenters. The second-order valence-electron chi connectivity index (χ2n) is 8.61. The summed E-state index contributed by atoms with van der Waals surface area (Å²) in [6.07, 6.45) is 2.06. The maximum atomic E-state index is 13.0. The summed E-state index contributed by atoms with van der Waals surface area (Å²) in [6, 6.07) is 12.5. The van der Waals surface area contributed by atoms with E-state index in [-0.39, 0.29) is 25.5 Å². The monoisotopic (exact) mass is 482 g/mol. The highest BCUT2D eigenvalue weighted by atomic mass is 16.5. The van der Waals surface area contributed by atoms with Crippen LogP contribution < -0.4 is 16.0 Å². The van der Waals surface area contributed by atoms with Gasteiger partial charge in [0.15, 0.2) is 0 Å². The lowest BCUT2D eigenvalue weighted by Gasteiger charge is -2.23. The van der Waals surface area contributed by atoms with Crippen LogP contribution in [0.2, 0.25) is 0 Å². The number of amides is 3. The Balaban J connectivity index is 1.97. The minimum atomic E-state index is -1.01. The van der Waals surface area contributed by atoms with Crippen molar-refractivity contribution in [3.8, 4) is 0 Å². The van der Waals surface area contributed by atoms with Crippen molar-refractivity contribution >= 4 is 23.7 Å². The van der Waals surface area contributed by atoms with Crippen LogP contribution in [-0.2, 0) is 32.3 Å². The molecule has 1 heterocycles. The third-order valence-corrected chi connectivity index (χ3v) is 5.12. The molecule has 3 N–H and O–H groups in total. The van der Waals surface area contributed by atoms with Gasteiger partial charge in [-0.2, -0.15) is 0 Å². The van der Waals surface area contributed by atoms with E-state index >= 15 is 0 Å². The zero-order chi connectivity index (χ0) is 25.6. The van der Waals surface area contributed by atoms with Gasteiger partial charge in [0.1, 0.15) is 12.6 Å². The summed E-state index contributed by atoms with van der Waals surface area (Å²) >= 11 is 0. The Hall–Kier alpha value is -3.75. The van der Waals surface area contributed by atoms with Gasteiger partial charge in [-0.25, -0.2) is 4.79 Å². The van der Waals surface area contributed by atoms with Gasteiger partial charge in [0, 0.05) is 6.20 Å². The van der Waals surface area contributed by atoms with Crippen LogP contribution in [0.1, 0.15) is 51.3 Å². The number of hydrogen-bond donors (Lipinski definition) is 3. The van der Waals surface area contributed by atoms with Crippen molar-refractivity contribution in [3.63, 3.8) is 0 Å². The highest BCUT2D eigenvalue weighted by Crippen LogP contribution is 2.08. The van der Waals surface area contributed by atoms with Crippen molar-refractivity contribution in [2.45, 2.75) is 65.3 Å². The highest BCUT2D eigenvalue weighted by molar-refractivity contribution is 6.38. The van der Waals surface area contributed by atoms with Crippen LogP contribution in [0, 0.1) is 5.92 Å². The predicted molar refractivity (Wildman–Crippen MR) is 131 cm³/mol. The average molecular weight is 483 g/mol. The Labute approximate surface area is 206 Å². The van der Waals surface area contributed by atoms with Gasteiger partial charge < -0.3 is 20.7 Å². The fourth-order valence-electron chi connectivity index (χ4n) is 3.36. The van der Waals surface area contributed by atoms with E-state index in [4.69, 9.17) is 4.74 Å². The number of aromatic nitrogens is 1. The summed E-state index contributed by atoms with van der Waals surface area (Å²) in [4.78, 5) is 54.6. The van der Waals surface area contributed by atoms with Gasteiger partial charge >= 0.3 is 6.09 Å². The Morgan fingerprint density at radius 1 is 0.943 bits per heavy atom. The van der Waals surface area contributed by atoms with E-state index < -0.39 is 35.8 Å². The molecular formula is C26H34N4O5. The number of benzene rings is 1. The molecule has 0 saturated carbocycles. The Kier molecular flexibility index (Phi) is 11.4. The van der Waals surface area contributed by atoms with Crippen LogP contribution in [0.15, 0.2) is 54.7 Å². The molecule has 0 aliphatic heterocycles. The van der Waals surface area contributed by atoms with Crippen molar-refractivity contribution in [1.82, 2.24) is 20.9 Å². The largest absolute Gasteiger partial charge is 0.445 e. The number of pyridine rings is 1. The van der Waals surface area contributed by atoms with Crippen molar-refractivity contribution in [2.24, 2.45) is 5.92 Å². The molecule has 0 radical (unpaired) electrons. The van der Waals surface area contributed by atoms with Crippen LogP contribution in [0.25, 0.3) is 0 Å². The van der Waals surface area contributed by atoms with Crippen LogP contribution in [0.5, 0.6) is 0 Å². The molecular weight excluding hydrogens is 448 g/mol. The standard InChI is InChI=1S/C26H34N4O5/c1-4-10-21(23(31)25(33)28-16-20-13-8-9-14-27-20)29-24(32)22(15-18(2)3)30-26(34)35-17-19-11-6-5-7-12-19/h5-9,11-14,18,21-22H,4,10,15-17H2,1-3H3,(H,28,33)(H,29,32)(H,30,34)/t21?,22-/m0/s1. The van der Waals surface area contributed by atoms with Gasteiger partial charge in [-0.1, -0.05) is 63.6 Å². The van der Waals surface area contributed by atoms with E-state index in [1.54, 1.807) is 24.4 Å². The van der Waals surface area contributed by atoms with Crippen molar-refractivity contribution < 1.29 is 23.9 Å². The zero-order valence-corrected chi connectivity index (χ0v) is 20.5. The maximum Gasteiger partial charge on any atom is 0.408 e. The Morgan fingerprint density at radius 3 is 2.29 bits per heavy atom. The first kappa shape index (κ1) is 27.5. The first-order chi connectivity index (χ1) is 16.8. The number of carbonyl (C=O) groups excluding carboxylic acids is 4. The second-order valence-corrected chi connectivity index (χ2v) is 8.61. The number of ether oxygens (including phenoxy) is 1. The molecule has 0 spiro atoms. The predicted octanol–water partition coefficient (Wildman–Crippen LogP) is 2.89. The molecule has 2 aromatic rings. The number of hydrogen-bond acceptors (Lipinski definition) is 6. The van der Waals surface area contributed by atoms with Crippen LogP contribution in [-0.4, -0.2) is 40.8 Å². The van der Waals surface area contributed by atoms with Gasteiger partial charge in [-0.15, -0.1) is 0 Å². The second kappa shape index (κ2) is 14.5. The van der Waals surface area contributed by atoms with Gasteiger partial charge in [0.25, 0.3) is 5.91 Å². The smallest absolute Gasteiger partial charge is 0.408 e. The van der Waals surface area contributed by atoms with E-state index in [0.717, 1.165) is 5.56 Å². The average Bonchev–Trinajstić information content (AvgIpc) is 2.85. The van der Waals surface area contributed by atoms with Crippen LogP contribution >= 0.6 is 0 Å². The summed E-state index contributed by atoms with van der Waals surface area (Å²) in [6.45, 7) is 5.84. The molecule has 9 nitrogen and oxygen atoms in total. The molecule has 9 heteroatoms. The maximum absolute atomic E-state index is 13.0. The number of alkyl carbamates (subject to hydrolysis) is 1. The summed E-state index contributed by atoms with van der Waals surface area (Å²) in [5, 5.41) is 7.78. The van der Waals surface area contributed by atoms with Crippen molar-refractivity contribution in [2.75, 3.05) is 0 Å². The molecule has 2 rings (SSSR count). The molecule has 1 aromatic heterocycles. The first-order valence-electron chi connectivity index (χ1n) is 11.8. The number of nitrogens with one attached hydrogen (secondary N) is 3. The number of nitrogens with zero attached hydrogens (tertiary/aromatic N) is 1. The molecule has 0 bridgehead atoms. The van der Waals surface area contributed by atoms with Gasteiger partial charge in [0.05, 0.1) is 18.3 Å². The number of rotatable bonds is 13. The Morgan fingerprint density at radius 2 is 1.66 bits per heavy atom. The molecule has 1 aromatic carbocycles. The quantitative estimate of drug-likeness (QED) is 0.377. The third-order valence-electron chi connectivity index (χ3n) is 5.12. The number of ketones is 1. The lowest BCUT2D eigenvalue weighted by Crippen LogP contribution is -2.54. The molecule has 0 aliphatic carbocycles. The Bertz CT molecular complexity index is 966. The third kappa shape index (κ3) is 9.95. The van der Waals surface area contributed by atoms with E-state index in [1.807, 2.05) is 51.1 Å². The summed E-state index contributed by atoms with van der Waals surface area (Å²) in [7, 11) is 0. The molecule has 0 fully saturated rings. The fraction of sp³-hybridized carbons (Fsp3) is 0.423. The topological polar surface area (TPSA) is 126 Å². The first-order valence-corrected chi connectivity index (χ1v) is 11.8. The van der Waals surface area contributed by atoms with Gasteiger partial charge in [0.2, 0.25) is 11.7 Å². The molecule has 0 aliphatic rings. The molecule has 35 heavy (non-hydrogen) atoms. The van der Waals surface area contributed by atoms with Crippen LogP contribution in [0.4, 0.5) is 4.79 Å². The van der Waals surface area contributed by atoms with E-state index in [2.05, 4.69) is 20.9 Å². The van der Waals surface area contributed by atoms with Gasteiger partial charge in [-0.3, -0.25) is 19.4 Å². The summed E-state index contributed by atoms with van der Waals surface area (Å²) in [5.74, 6) is -2.00. The number of carbonyl (C=O) groups is 4. The van der Waals surface area contributed by atoms with Gasteiger partial charge in [-0.05, 0) is 36.5 Å². The van der Waals surface area contributed by atoms with E-state index in [1.165, 1.54) is 0 Å². The normalized spacial score (nSPS) is 12.3. The number of Topliss-reactive ketones (excluding diaryl/α,β-unsaturated/α-hetero) is 1. The molecule has 188 valence electrons. The molecule has 0 saturated heterocycles. The zero-order valence-electron chi connectivity index (χ0n) is 20.5. The molecule has 3 amide bonds. The minimum Gasteiger partial charge on any atom is -0.445 e. The van der Waals surface area contributed by atoms with Crippen LogP contribution in [0.3, 0.4) is 0 Å². The van der Waals surface area contributed by atoms with E-state index in [0.29, 0.717) is 18.5 Å². The summed E-state index contributed by atoms with van der Waals surface area (Å²) in [5.41, 5.74) is 1.43. The fourth-order valence-corrected chi connectivity index (χ4v) is 3.36. The summed E-state index contributed by atoms with van der Waals surface area (Å²) < 4.78 is 5.24. The van der Waals surface area contributed by atoms with Crippen molar-refractivity contribution in [1.29, 1.82) is 0 Å². The van der Waals surface area contributed by atoms with E-state index in [9.17, 15) is 19.2 Å². The minimum absolute atomic E-state index is 0.0656. The highest BCUT2D eigenvalue weighted by Gasteiger charge is 2.30. The SMILES string of the molecule is CCCC(NC(=O)[C@H](CC(C)C)NC(=O)OCc1ccccc1)C(=O)C(=O)NCc1ccccn1. The van der Waals surface area contributed by atoms with Crippen molar-refractivity contribution in [3.05, 3.63) is 66.0 Å². The lowest BCUT2D eigenvalue weighted by atomic mass is 10.0. The molecule has 2 atom stereocenters.